The monoisotopic (exact) mass is 168 g/mol. The number of benzene rings is 1. The van der Waals surface area contributed by atoms with Gasteiger partial charge < -0.3 is 5.23 Å². The molecule has 0 unspecified atom stereocenters. The highest BCUT2D eigenvalue weighted by Gasteiger charge is 2.08. The summed E-state index contributed by atoms with van der Waals surface area (Å²) >= 11 is 0. The summed E-state index contributed by atoms with van der Waals surface area (Å²) < 4.78 is 0. The minimum absolute atomic E-state index is 1.10. The molecule has 0 aliphatic heterocycles. The Bertz CT molecular complexity index is 299. The minimum Gasteiger partial charge on any atom is -0.441 e. The highest BCUT2D eigenvalue weighted by Crippen LogP contribution is 2.23. The molecular formula is C10H12B2N. The Hall–Kier alpha value is -0.850. The van der Waals surface area contributed by atoms with E-state index in [0.29, 0.717) is 0 Å². The smallest absolute Gasteiger partial charge is 0.180 e. The maximum atomic E-state index is 5.30. The highest BCUT2D eigenvalue weighted by molar-refractivity contribution is 6.91. The summed E-state index contributed by atoms with van der Waals surface area (Å²) in [5.74, 6) is 0. The van der Waals surface area contributed by atoms with E-state index in [0.717, 1.165) is 5.69 Å². The van der Waals surface area contributed by atoms with Crippen LogP contribution in [-0.2, 0) is 12.8 Å². The standard InChI is InChI=1S/C10H12B2N/c11-12-13-10-6-5-8-3-1-2-4-9(8)7-10/h5-7,13H,1-4H2. The third-order valence-corrected chi connectivity index (χ3v) is 2.60. The molecule has 1 nitrogen and oxygen atoms in total. The third-order valence-electron chi connectivity index (χ3n) is 2.60. The predicted octanol–water partition coefficient (Wildman–Crippen LogP) is 1.68. The lowest BCUT2D eigenvalue weighted by Gasteiger charge is -2.16. The second kappa shape index (κ2) is 3.91. The van der Waals surface area contributed by atoms with E-state index >= 15 is 0 Å². The fourth-order valence-electron chi connectivity index (χ4n) is 1.92. The number of rotatable bonds is 2. The number of hydrogen-bond acceptors (Lipinski definition) is 1. The lowest BCUT2D eigenvalue weighted by molar-refractivity contribution is 0.686. The van der Waals surface area contributed by atoms with Crippen molar-refractivity contribution in [2.75, 3.05) is 5.23 Å². The van der Waals surface area contributed by atoms with Gasteiger partial charge in [0.25, 0.3) is 0 Å². The van der Waals surface area contributed by atoms with Gasteiger partial charge in [0, 0.05) is 13.4 Å². The molecule has 0 amide bonds. The molecule has 1 aliphatic carbocycles. The van der Waals surface area contributed by atoms with Gasteiger partial charge in [-0.3, -0.25) is 0 Å². The summed E-state index contributed by atoms with van der Waals surface area (Å²) in [7, 11) is 6.78. The fourth-order valence-corrected chi connectivity index (χ4v) is 1.92. The van der Waals surface area contributed by atoms with Crippen molar-refractivity contribution in [3.8, 4) is 0 Å². The Morgan fingerprint density at radius 2 is 1.92 bits per heavy atom. The summed E-state index contributed by atoms with van der Waals surface area (Å²) in [6.07, 6.45) is 5.11. The van der Waals surface area contributed by atoms with Crippen LogP contribution in [0.3, 0.4) is 0 Å². The van der Waals surface area contributed by atoms with Crippen molar-refractivity contribution >= 4 is 20.7 Å². The quantitative estimate of drug-likeness (QED) is 0.662. The van der Waals surface area contributed by atoms with Crippen LogP contribution < -0.4 is 5.23 Å². The summed E-state index contributed by atoms with van der Waals surface area (Å²) in [6.45, 7) is 0. The van der Waals surface area contributed by atoms with E-state index < -0.39 is 0 Å². The molecule has 0 saturated carbocycles. The van der Waals surface area contributed by atoms with Crippen LogP contribution >= 0.6 is 0 Å². The van der Waals surface area contributed by atoms with Gasteiger partial charge in [-0.15, -0.1) is 0 Å². The number of fused-ring (bicyclic) bond motifs is 1. The first-order chi connectivity index (χ1) is 6.40. The van der Waals surface area contributed by atoms with Crippen LogP contribution in [0.25, 0.3) is 0 Å². The predicted molar refractivity (Wildman–Crippen MR) is 58.2 cm³/mol. The Kier molecular flexibility index (Phi) is 2.62. The Balaban J connectivity index is 2.24. The van der Waals surface area contributed by atoms with Crippen molar-refractivity contribution in [2.24, 2.45) is 0 Å². The van der Waals surface area contributed by atoms with Crippen LogP contribution in [0.2, 0.25) is 0 Å². The van der Waals surface area contributed by atoms with Crippen molar-refractivity contribution in [3.63, 3.8) is 0 Å². The summed E-state index contributed by atoms with van der Waals surface area (Å²) in [5.41, 5.74) is 4.09. The largest absolute Gasteiger partial charge is 0.441 e. The first-order valence-electron chi connectivity index (χ1n) is 4.82. The lowest BCUT2D eigenvalue weighted by atomic mass is 9.67. The van der Waals surface area contributed by atoms with Gasteiger partial charge in [0.15, 0.2) is 7.31 Å². The maximum absolute atomic E-state index is 5.30. The van der Waals surface area contributed by atoms with Crippen LogP contribution in [-0.4, -0.2) is 15.0 Å². The molecule has 13 heavy (non-hydrogen) atoms. The van der Waals surface area contributed by atoms with Gasteiger partial charge in [-0.1, -0.05) is 6.07 Å². The zero-order valence-electron chi connectivity index (χ0n) is 7.72. The normalized spacial score (nSPS) is 14.8. The fraction of sp³-hybridized carbons (Fsp3) is 0.400. The first kappa shape index (κ1) is 8.74. The van der Waals surface area contributed by atoms with E-state index in [1.165, 1.54) is 44.1 Å². The Labute approximate surface area is 81.6 Å². The van der Waals surface area contributed by atoms with Crippen molar-refractivity contribution in [3.05, 3.63) is 29.3 Å². The number of aryl methyl sites for hydroxylation is 2. The molecule has 0 atom stereocenters. The molecule has 1 aromatic carbocycles. The molecule has 0 aromatic heterocycles. The van der Waals surface area contributed by atoms with Gasteiger partial charge in [-0.05, 0) is 48.9 Å². The molecule has 2 rings (SSSR count). The van der Waals surface area contributed by atoms with Crippen LogP contribution in [0.15, 0.2) is 18.2 Å². The molecule has 0 spiro atoms. The van der Waals surface area contributed by atoms with Gasteiger partial charge in [-0.25, -0.2) is 0 Å². The lowest BCUT2D eigenvalue weighted by Crippen LogP contribution is -2.08. The van der Waals surface area contributed by atoms with Gasteiger partial charge in [0.1, 0.15) is 0 Å². The van der Waals surface area contributed by atoms with Crippen LogP contribution in [0.1, 0.15) is 24.0 Å². The van der Waals surface area contributed by atoms with Crippen molar-refractivity contribution in [1.82, 2.24) is 0 Å². The van der Waals surface area contributed by atoms with E-state index in [1.54, 1.807) is 0 Å². The van der Waals surface area contributed by atoms with Crippen molar-refractivity contribution in [1.29, 1.82) is 0 Å². The Morgan fingerprint density at radius 1 is 1.15 bits per heavy atom. The van der Waals surface area contributed by atoms with Gasteiger partial charge in [0.2, 0.25) is 0 Å². The van der Waals surface area contributed by atoms with Gasteiger partial charge >= 0.3 is 0 Å². The molecule has 0 saturated heterocycles. The molecule has 3 heteroatoms. The average molecular weight is 168 g/mol. The summed E-state index contributed by atoms with van der Waals surface area (Å²) in [5, 5.41) is 3.01. The Morgan fingerprint density at radius 3 is 2.69 bits per heavy atom. The van der Waals surface area contributed by atoms with Crippen molar-refractivity contribution < 1.29 is 0 Å². The zero-order chi connectivity index (χ0) is 9.10. The van der Waals surface area contributed by atoms with E-state index in [1.807, 2.05) is 0 Å². The molecule has 3 radical (unpaired) electrons. The van der Waals surface area contributed by atoms with Crippen LogP contribution in [0.4, 0.5) is 5.69 Å². The zero-order valence-corrected chi connectivity index (χ0v) is 7.72. The van der Waals surface area contributed by atoms with E-state index in [2.05, 4.69) is 23.4 Å². The second-order valence-electron chi connectivity index (χ2n) is 3.50. The molecule has 1 aromatic rings. The van der Waals surface area contributed by atoms with Crippen LogP contribution in [0.5, 0.6) is 0 Å². The van der Waals surface area contributed by atoms with Gasteiger partial charge in [-0.2, -0.15) is 0 Å². The maximum Gasteiger partial charge on any atom is 0.180 e. The SMILES string of the molecule is [B][B]Nc1ccc2c(c1)CCCC2. The first-order valence-corrected chi connectivity index (χ1v) is 4.82. The number of anilines is 1. The van der Waals surface area contributed by atoms with Crippen molar-refractivity contribution in [2.45, 2.75) is 25.7 Å². The van der Waals surface area contributed by atoms with E-state index in [9.17, 15) is 0 Å². The third kappa shape index (κ3) is 1.90. The molecule has 1 N–H and O–H groups in total. The van der Waals surface area contributed by atoms with Crippen LogP contribution in [0, 0.1) is 0 Å². The molecule has 0 heterocycles. The minimum atomic E-state index is 1.10. The molecule has 63 valence electrons. The molecule has 1 aliphatic rings. The molecule has 0 fully saturated rings. The topological polar surface area (TPSA) is 12.0 Å². The van der Waals surface area contributed by atoms with E-state index in [4.69, 9.17) is 7.74 Å². The second-order valence-corrected chi connectivity index (χ2v) is 3.50. The summed E-state index contributed by atoms with van der Waals surface area (Å²) in [4.78, 5) is 0. The number of hydrogen-bond donors (Lipinski definition) is 1. The molecule has 0 bridgehead atoms. The highest BCUT2D eigenvalue weighted by atomic mass is 14.7. The summed E-state index contributed by atoms with van der Waals surface area (Å²) in [6, 6.07) is 6.51. The molecular weight excluding hydrogens is 156 g/mol. The number of nitrogens with one attached hydrogen (secondary N) is 1. The van der Waals surface area contributed by atoms with Gasteiger partial charge in [0.05, 0.1) is 0 Å². The van der Waals surface area contributed by atoms with E-state index in [-0.39, 0.29) is 0 Å². The average Bonchev–Trinajstić information content (AvgIpc) is 2.18.